The van der Waals surface area contributed by atoms with Gasteiger partial charge in [-0.2, -0.15) is 0 Å². The van der Waals surface area contributed by atoms with Crippen LogP contribution in [0.4, 0.5) is 0 Å². The number of halogens is 3. The van der Waals surface area contributed by atoms with Crippen molar-refractivity contribution in [2.24, 2.45) is 0 Å². The van der Waals surface area contributed by atoms with Crippen LogP contribution in [0.15, 0.2) is 23.8 Å². The Kier molecular flexibility index (Phi) is 4.79. The summed E-state index contributed by atoms with van der Waals surface area (Å²) in [4.78, 5) is 0. The van der Waals surface area contributed by atoms with Gasteiger partial charge in [0, 0.05) is 0 Å². The van der Waals surface area contributed by atoms with E-state index < -0.39 is 16.7 Å². The molecule has 14 heavy (non-hydrogen) atoms. The Bertz CT molecular complexity index is 265. The van der Waals surface area contributed by atoms with Crippen molar-refractivity contribution in [2.75, 3.05) is 0 Å². The fraction of sp³-hybridized carbons (Fsp3) is 0.600. The van der Waals surface area contributed by atoms with Crippen molar-refractivity contribution in [3.05, 3.63) is 23.8 Å². The number of hydrogen-bond donors (Lipinski definition) is 0. The summed E-state index contributed by atoms with van der Waals surface area (Å²) in [6.07, 6.45) is 9.61. The van der Waals surface area contributed by atoms with E-state index in [1.54, 1.807) is 0 Å². The second-order valence-corrected chi connectivity index (χ2v) is 22.1. The predicted octanol–water partition coefficient (Wildman–Crippen LogP) is 5.47. The number of unbranched alkanes of at least 4 members (excludes halogenated alkanes) is 1. The Balaban J connectivity index is 2.88. The molecule has 0 nitrogen and oxygen atoms in total. The Hall–Kier alpha value is 1.23. The van der Waals surface area contributed by atoms with E-state index in [-0.39, 0.29) is 3.12 Å². The van der Waals surface area contributed by atoms with Crippen molar-refractivity contribution < 1.29 is 16.7 Å². The molecular formula is C10H15Cl3Zr. The third kappa shape index (κ3) is 2.88. The molecule has 0 bridgehead atoms. The minimum absolute atomic E-state index is 0.181. The van der Waals surface area contributed by atoms with Crippen LogP contribution in [0.3, 0.4) is 0 Å². The minimum atomic E-state index is -3.45. The second kappa shape index (κ2) is 5.04. The van der Waals surface area contributed by atoms with E-state index in [1.807, 2.05) is 0 Å². The van der Waals surface area contributed by atoms with E-state index in [1.165, 1.54) is 5.57 Å². The van der Waals surface area contributed by atoms with Crippen LogP contribution < -0.4 is 0 Å². The zero-order chi connectivity index (χ0) is 10.8. The van der Waals surface area contributed by atoms with Crippen molar-refractivity contribution >= 4 is 25.5 Å². The molecule has 1 rings (SSSR count). The van der Waals surface area contributed by atoms with Crippen molar-refractivity contribution in [1.82, 2.24) is 0 Å². The summed E-state index contributed by atoms with van der Waals surface area (Å²) in [7, 11) is 18.7. The quantitative estimate of drug-likeness (QED) is 0.640. The summed E-state index contributed by atoms with van der Waals surface area (Å²) >= 11 is -3.45. The molecule has 0 aromatic carbocycles. The van der Waals surface area contributed by atoms with E-state index >= 15 is 0 Å². The van der Waals surface area contributed by atoms with E-state index in [2.05, 4.69) is 32.1 Å². The van der Waals surface area contributed by atoms with Crippen molar-refractivity contribution in [1.29, 1.82) is 0 Å². The van der Waals surface area contributed by atoms with Crippen LogP contribution in [0.2, 0.25) is 3.12 Å². The standard InChI is InChI=1S/C10H15.3ClH.Zr/c1-3-4-5-10-7-6-9(2)8-10;;;;/h6-8H,3-5H2,1-2H3;3*1H;/q;;;;+3/p-3. The van der Waals surface area contributed by atoms with E-state index in [0.29, 0.717) is 0 Å². The van der Waals surface area contributed by atoms with Gasteiger partial charge in [-0.25, -0.2) is 0 Å². The number of hydrogen-bond acceptors (Lipinski definition) is 0. The molecule has 0 radical (unpaired) electrons. The van der Waals surface area contributed by atoms with E-state index in [9.17, 15) is 0 Å². The Morgan fingerprint density at radius 3 is 2.36 bits per heavy atom. The van der Waals surface area contributed by atoms with Gasteiger partial charge in [-0.05, 0) is 0 Å². The predicted molar refractivity (Wildman–Crippen MR) is 62.7 cm³/mol. The summed E-state index contributed by atoms with van der Waals surface area (Å²) in [5, 5.41) is 0. The Morgan fingerprint density at radius 2 is 2.00 bits per heavy atom. The Labute approximate surface area is 101 Å². The van der Waals surface area contributed by atoms with Gasteiger partial charge in [0.1, 0.15) is 0 Å². The molecule has 4 heteroatoms. The average Bonchev–Trinajstić information content (AvgIpc) is 2.44. The van der Waals surface area contributed by atoms with Crippen LogP contribution in [-0.2, 0) is 16.7 Å². The zero-order valence-electron chi connectivity index (χ0n) is 8.49. The van der Waals surface area contributed by atoms with Crippen LogP contribution in [0, 0.1) is 0 Å². The maximum atomic E-state index is 6.24. The first-order valence-electron chi connectivity index (χ1n) is 4.87. The van der Waals surface area contributed by atoms with E-state index in [0.717, 1.165) is 19.3 Å². The molecule has 0 aromatic rings. The summed E-state index contributed by atoms with van der Waals surface area (Å²) in [6, 6.07) is 0. The van der Waals surface area contributed by atoms with Crippen LogP contribution >= 0.6 is 25.5 Å². The van der Waals surface area contributed by atoms with Gasteiger partial charge < -0.3 is 0 Å². The number of allylic oxidation sites excluding steroid dienone is 4. The molecule has 0 aromatic heterocycles. The van der Waals surface area contributed by atoms with Gasteiger partial charge in [-0.3, -0.25) is 0 Å². The van der Waals surface area contributed by atoms with Gasteiger partial charge >= 0.3 is 102 Å². The van der Waals surface area contributed by atoms with Crippen LogP contribution in [-0.4, -0.2) is 0 Å². The molecule has 0 saturated carbocycles. The van der Waals surface area contributed by atoms with Gasteiger partial charge in [-0.1, -0.05) is 0 Å². The molecule has 1 unspecified atom stereocenters. The fourth-order valence-corrected chi connectivity index (χ4v) is 8.25. The van der Waals surface area contributed by atoms with Crippen LogP contribution in [0.1, 0.15) is 33.1 Å². The summed E-state index contributed by atoms with van der Waals surface area (Å²) in [5.41, 5.74) is 1.23. The van der Waals surface area contributed by atoms with Gasteiger partial charge in [-0.15, -0.1) is 0 Å². The summed E-state index contributed by atoms with van der Waals surface area (Å²) in [6.45, 7) is 4.23. The fourth-order valence-electron chi connectivity index (χ4n) is 1.73. The topological polar surface area (TPSA) is 0 Å². The molecule has 1 atom stereocenters. The molecule has 0 heterocycles. The second-order valence-electron chi connectivity index (χ2n) is 3.86. The van der Waals surface area contributed by atoms with Gasteiger partial charge in [0.05, 0.1) is 0 Å². The molecule has 0 aliphatic heterocycles. The molecule has 1 aliphatic carbocycles. The normalized spacial score (nSPS) is 26.8. The molecule has 0 saturated heterocycles. The summed E-state index contributed by atoms with van der Waals surface area (Å²) < 4.78 is -0.181. The molecule has 1 aliphatic rings. The first-order valence-corrected chi connectivity index (χ1v) is 15.6. The van der Waals surface area contributed by atoms with Crippen LogP contribution in [0.25, 0.3) is 0 Å². The molecule has 0 N–H and O–H groups in total. The summed E-state index contributed by atoms with van der Waals surface area (Å²) in [5.74, 6) is 0. The zero-order valence-corrected chi connectivity index (χ0v) is 13.2. The van der Waals surface area contributed by atoms with Gasteiger partial charge in [0.15, 0.2) is 0 Å². The number of rotatable bonds is 4. The average molecular weight is 333 g/mol. The first kappa shape index (κ1) is 13.3. The molecule has 0 fully saturated rings. The van der Waals surface area contributed by atoms with Crippen molar-refractivity contribution in [3.8, 4) is 0 Å². The molecule has 80 valence electrons. The molecule has 0 spiro atoms. The Morgan fingerprint density at radius 1 is 1.36 bits per heavy atom. The monoisotopic (exact) mass is 330 g/mol. The van der Waals surface area contributed by atoms with Gasteiger partial charge in [0.2, 0.25) is 0 Å². The van der Waals surface area contributed by atoms with Crippen molar-refractivity contribution in [3.63, 3.8) is 0 Å². The SMILES string of the molecule is CCCC[C]1([Zr]([Cl])([Cl])[Cl])C=CC(C)=C1. The van der Waals surface area contributed by atoms with E-state index in [4.69, 9.17) is 25.5 Å². The first-order chi connectivity index (χ1) is 6.41. The third-order valence-electron chi connectivity index (χ3n) is 2.60. The van der Waals surface area contributed by atoms with Gasteiger partial charge in [0.25, 0.3) is 0 Å². The van der Waals surface area contributed by atoms with Crippen LogP contribution in [0.5, 0.6) is 0 Å². The maximum absolute atomic E-state index is 6.24. The third-order valence-corrected chi connectivity index (χ3v) is 12.8. The van der Waals surface area contributed by atoms with Crippen molar-refractivity contribution in [2.45, 2.75) is 36.2 Å². The molecular weight excluding hydrogens is 318 g/mol. The molecule has 0 amide bonds.